The van der Waals surface area contributed by atoms with E-state index >= 15 is 0 Å². The third-order valence-electron chi connectivity index (χ3n) is 5.73. The van der Waals surface area contributed by atoms with Gasteiger partial charge in [0, 0.05) is 20.1 Å². The Morgan fingerprint density at radius 2 is 1.87 bits per heavy atom. The van der Waals surface area contributed by atoms with Crippen molar-refractivity contribution in [3.05, 3.63) is 77.9 Å². The molecule has 4 rings (SSSR count). The molecule has 1 fully saturated rings. The minimum atomic E-state index is -0.547. The van der Waals surface area contributed by atoms with Crippen molar-refractivity contribution >= 4 is 16.9 Å². The molecule has 1 heterocycles. The van der Waals surface area contributed by atoms with Crippen molar-refractivity contribution in [2.75, 3.05) is 26.8 Å². The molecule has 1 unspecified atom stereocenters. The molecular weight excluding hydrogens is 378 g/mol. The lowest BCUT2D eigenvalue weighted by Crippen LogP contribution is -2.36. The Morgan fingerprint density at radius 1 is 1.03 bits per heavy atom. The van der Waals surface area contributed by atoms with Crippen LogP contribution in [0.15, 0.2) is 66.7 Å². The zero-order valence-corrected chi connectivity index (χ0v) is 17.5. The molecule has 156 valence electrons. The van der Waals surface area contributed by atoms with Crippen LogP contribution in [-0.4, -0.2) is 37.8 Å². The second-order valence-corrected chi connectivity index (χ2v) is 7.57. The molecular formula is C25H27NO4. The van der Waals surface area contributed by atoms with Crippen LogP contribution in [0.3, 0.4) is 0 Å². The molecule has 3 aromatic carbocycles. The largest absolute Gasteiger partial charge is 0.489 e. The van der Waals surface area contributed by atoms with Gasteiger partial charge in [-0.3, -0.25) is 0 Å². The summed E-state index contributed by atoms with van der Waals surface area (Å²) in [7, 11) is 1.69. The fraction of sp³-hybridized carbons (Fsp3) is 0.320. The van der Waals surface area contributed by atoms with Crippen molar-refractivity contribution < 1.29 is 19.0 Å². The van der Waals surface area contributed by atoms with Crippen molar-refractivity contribution in [3.63, 3.8) is 0 Å². The summed E-state index contributed by atoms with van der Waals surface area (Å²) < 4.78 is 17.1. The van der Waals surface area contributed by atoms with Crippen LogP contribution in [0, 0.1) is 0 Å². The number of nitrogens with zero attached hydrogens (tertiary/aromatic N) is 1. The lowest BCUT2D eigenvalue weighted by molar-refractivity contribution is -0.00623. The summed E-state index contributed by atoms with van der Waals surface area (Å²) in [6, 6.07) is 22.6. The molecule has 1 atom stereocenters. The Labute approximate surface area is 177 Å². The van der Waals surface area contributed by atoms with Gasteiger partial charge in [-0.2, -0.15) is 0 Å². The summed E-state index contributed by atoms with van der Waals surface area (Å²) in [6.07, 6.45) is 0.427. The SMILES string of the molecule is CCOC(=O)N1CCC(OC)(c2cccc(OCc3ccc4ccccc4c3)c2)C1. The number of fused-ring (bicyclic) bond motifs is 1. The Morgan fingerprint density at radius 3 is 2.67 bits per heavy atom. The van der Waals surface area contributed by atoms with E-state index < -0.39 is 5.60 Å². The Kier molecular flexibility index (Phi) is 5.91. The second-order valence-electron chi connectivity index (χ2n) is 7.57. The van der Waals surface area contributed by atoms with E-state index in [2.05, 4.69) is 30.3 Å². The van der Waals surface area contributed by atoms with Crippen LogP contribution in [-0.2, 0) is 21.7 Å². The second kappa shape index (κ2) is 8.76. The standard InChI is InChI=1S/C25H27NO4/c1-3-29-24(27)26-14-13-25(18-26,28-2)22-9-6-10-23(16-22)30-17-19-11-12-20-7-4-5-8-21(20)15-19/h4-12,15-16H,3,13-14,17-18H2,1-2H3. The van der Waals surface area contributed by atoms with Gasteiger partial charge in [-0.15, -0.1) is 0 Å². The molecule has 0 radical (unpaired) electrons. The van der Waals surface area contributed by atoms with Crippen LogP contribution in [0.2, 0.25) is 0 Å². The molecule has 1 saturated heterocycles. The lowest BCUT2D eigenvalue weighted by atomic mass is 9.92. The molecule has 30 heavy (non-hydrogen) atoms. The summed E-state index contributed by atoms with van der Waals surface area (Å²) in [6.45, 7) is 3.75. The predicted octanol–water partition coefficient (Wildman–Crippen LogP) is 5.12. The first-order valence-electron chi connectivity index (χ1n) is 10.3. The third kappa shape index (κ3) is 4.12. The average molecular weight is 405 g/mol. The quantitative estimate of drug-likeness (QED) is 0.571. The molecule has 1 aliphatic heterocycles. The molecule has 0 aliphatic carbocycles. The Bertz CT molecular complexity index is 1030. The van der Waals surface area contributed by atoms with Gasteiger partial charge in [0.05, 0.1) is 13.2 Å². The highest BCUT2D eigenvalue weighted by Gasteiger charge is 2.42. The number of carbonyl (C=O) groups is 1. The first-order valence-corrected chi connectivity index (χ1v) is 10.3. The maximum atomic E-state index is 12.1. The number of ether oxygens (including phenoxy) is 3. The number of amides is 1. The van der Waals surface area contributed by atoms with E-state index in [4.69, 9.17) is 14.2 Å². The van der Waals surface area contributed by atoms with Crippen molar-refractivity contribution in [2.24, 2.45) is 0 Å². The first kappa shape index (κ1) is 20.2. The summed E-state index contributed by atoms with van der Waals surface area (Å²) in [5.74, 6) is 0.784. The van der Waals surface area contributed by atoms with Crippen LogP contribution >= 0.6 is 0 Å². The van der Waals surface area contributed by atoms with Gasteiger partial charge in [0.25, 0.3) is 0 Å². The molecule has 1 amide bonds. The molecule has 1 aliphatic rings. The zero-order chi connectivity index (χ0) is 21.0. The molecule has 3 aromatic rings. The molecule has 0 N–H and O–H groups in total. The van der Waals surface area contributed by atoms with Gasteiger partial charge in [-0.05, 0) is 47.0 Å². The van der Waals surface area contributed by atoms with Gasteiger partial charge >= 0.3 is 6.09 Å². The maximum Gasteiger partial charge on any atom is 0.409 e. The number of likely N-dealkylation sites (tertiary alicyclic amines) is 1. The van der Waals surface area contributed by atoms with Crippen LogP contribution < -0.4 is 4.74 Å². The van der Waals surface area contributed by atoms with Crippen LogP contribution in [0.4, 0.5) is 4.79 Å². The van der Waals surface area contributed by atoms with Gasteiger partial charge < -0.3 is 19.1 Å². The van der Waals surface area contributed by atoms with E-state index in [9.17, 15) is 4.79 Å². The van der Waals surface area contributed by atoms with Crippen molar-refractivity contribution in [3.8, 4) is 5.75 Å². The zero-order valence-electron chi connectivity index (χ0n) is 17.5. The predicted molar refractivity (Wildman–Crippen MR) is 117 cm³/mol. The highest BCUT2D eigenvalue weighted by molar-refractivity contribution is 5.82. The summed E-state index contributed by atoms with van der Waals surface area (Å²) >= 11 is 0. The number of hydrogen-bond acceptors (Lipinski definition) is 4. The van der Waals surface area contributed by atoms with Crippen LogP contribution in [0.5, 0.6) is 5.75 Å². The topological polar surface area (TPSA) is 48.0 Å². The molecule has 0 spiro atoms. The fourth-order valence-electron chi connectivity index (χ4n) is 4.04. The number of rotatable bonds is 6. The summed E-state index contributed by atoms with van der Waals surface area (Å²) in [5, 5.41) is 2.42. The highest BCUT2D eigenvalue weighted by Crippen LogP contribution is 2.37. The van der Waals surface area contributed by atoms with Crippen LogP contribution in [0.25, 0.3) is 10.8 Å². The van der Waals surface area contributed by atoms with E-state index in [1.165, 1.54) is 10.8 Å². The van der Waals surface area contributed by atoms with E-state index in [1.807, 2.05) is 43.3 Å². The normalized spacial score (nSPS) is 18.5. The molecule has 0 aromatic heterocycles. The van der Waals surface area contributed by atoms with Gasteiger partial charge in [-0.1, -0.05) is 48.5 Å². The number of methoxy groups -OCH3 is 1. The fourth-order valence-corrected chi connectivity index (χ4v) is 4.04. The van der Waals surface area contributed by atoms with E-state index in [-0.39, 0.29) is 6.09 Å². The Hall–Kier alpha value is -3.05. The van der Waals surface area contributed by atoms with Gasteiger partial charge in [0.2, 0.25) is 0 Å². The monoisotopic (exact) mass is 405 g/mol. The third-order valence-corrected chi connectivity index (χ3v) is 5.73. The summed E-state index contributed by atoms with van der Waals surface area (Å²) in [4.78, 5) is 13.8. The first-order chi connectivity index (χ1) is 14.6. The average Bonchev–Trinajstić information content (AvgIpc) is 3.24. The molecule has 5 heteroatoms. The minimum absolute atomic E-state index is 0.292. The highest BCUT2D eigenvalue weighted by atomic mass is 16.6. The number of carbonyl (C=O) groups excluding carboxylic acids is 1. The number of hydrogen-bond donors (Lipinski definition) is 0. The van der Waals surface area contributed by atoms with E-state index in [1.54, 1.807) is 12.0 Å². The van der Waals surface area contributed by atoms with Gasteiger partial charge in [-0.25, -0.2) is 4.79 Å². The van der Waals surface area contributed by atoms with Gasteiger partial charge in [0.1, 0.15) is 18.0 Å². The molecule has 5 nitrogen and oxygen atoms in total. The van der Waals surface area contributed by atoms with Crippen molar-refractivity contribution in [1.29, 1.82) is 0 Å². The smallest absolute Gasteiger partial charge is 0.409 e. The lowest BCUT2D eigenvalue weighted by Gasteiger charge is -2.28. The van der Waals surface area contributed by atoms with E-state index in [0.29, 0.717) is 26.3 Å². The Balaban J connectivity index is 1.48. The number of benzene rings is 3. The van der Waals surface area contributed by atoms with Crippen molar-refractivity contribution in [2.45, 2.75) is 25.6 Å². The molecule has 0 saturated carbocycles. The summed E-state index contributed by atoms with van der Waals surface area (Å²) in [5.41, 5.74) is 1.58. The van der Waals surface area contributed by atoms with Gasteiger partial charge in [0.15, 0.2) is 0 Å². The minimum Gasteiger partial charge on any atom is -0.489 e. The maximum absolute atomic E-state index is 12.1. The van der Waals surface area contributed by atoms with Crippen LogP contribution in [0.1, 0.15) is 24.5 Å². The van der Waals surface area contributed by atoms with Crippen molar-refractivity contribution in [1.82, 2.24) is 4.90 Å². The molecule has 0 bridgehead atoms. The van der Waals surface area contributed by atoms with E-state index in [0.717, 1.165) is 23.3 Å².